The van der Waals surface area contributed by atoms with Crippen LogP contribution in [0, 0.1) is 5.92 Å². The molecule has 0 aromatic carbocycles. The minimum absolute atomic E-state index is 0.302. The maximum atomic E-state index is 12.5. The summed E-state index contributed by atoms with van der Waals surface area (Å²) in [4.78, 5) is 6.60. The van der Waals surface area contributed by atoms with Crippen LogP contribution in [-0.2, 0) is 10.0 Å². The Bertz CT molecular complexity index is 718. The molecule has 1 aliphatic rings. The van der Waals surface area contributed by atoms with E-state index in [1.165, 1.54) is 21.8 Å². The van der Waals surface area contributed by atoms with Gasteiger partial charge in [0, 0.05) is 25.8 Å². The zero-order valence-electron chi connectivity index (χ0n) is 11.5. The van der Waals surface area contributed by atoms with Crippen LogP contribution in [0.15, 0.2) is 28.6 Å². The van der Waals surface area contributed by atoms with E-state index in [2.05, 4.69) is 9.88 Å². The van der Waals surface area contributed by atoms with Gasteiger partial charge in [-0.3, -0.25) is 4.98 Å². The predicted octanol–water partition coefficient (Wildman–Crippen LogP) is 1.48. The van der Waals surface area contributed by atoms with Crippen molar-refractivity contribution in [1.82, 2.24) is 14.2 Å². The van der Waals surface area contributed by atoms with Crippen molar-refractivity contribution in [3.8, 4) is 0 Å². The van der Waals surface area contributed by atoms with Gasteiger partial charge in [-0.2, -0.15) is 4.31 Å². The van der Waals surface area contributed by atoms with E-state index in [1.54, 1.807) is 6.07 Å². The second kappa shape index (κ2) is 5.07. The number of pyridine rings is 1. The van der Waals surface area contributed by atoms with Gasteiger partial charge in [0.1, 0.15) is 4.90 Å². The summed E-state index contributed by atoms with van der Waals surface area (Å²) in [5.74, 6) is 0.429. The van der Waals surface area contributed by atoms with Gasteiger partial charge in [-0.25, -0.2) is 8.42 Å². The molecule has 2 aromatic heterocycles. The summed E-state index contributed by atoms with van der Waals surface area (Å²) in [5, 5.41) is 1.92. The Morgan fingerprint density at radius 2 is 2.20 bits per heavy atom. The molecular formula is C13H17N3O2S2. The SMILES string of the molecule is CN(C)CC1CN(S(=O)(=O)c2cnc3ccsc3c2)C1. The van der Waals surface area contributed by atoms with Gasteiger partial charge in [0.2, 0.25) is 10.0 Å². The smallest absolute Gasteiger partial charge is 0.244 e. The van der Waals surface area contributed by atoms with E-state index in [-0.39, 0.29) is 0 Å². The van der Waals surface area contributed by atoms with Crippen molar-refractivity contribution in [2.75, 3.05) is 33.7 Å². The minimum Gasteiger partial charge on any atom is -0.309 e. The minimum atomic E-state index is -3.38. The number of hydrogen-bond acceptors (Lipinski definition) is 5. The fourth-order valence-corrected chi connectivity index (χ4v) is 4.89. The first-order valence-electron chi connectivity index (χ1n) is 6.45. The van der Waals surface area contributed by atoms with Crippen LogP contribution >= 0.6 is 11.3 Å². The molecule has 2 aromatic rings. The van der Waals surface area contributed by atoms with Crippen molar-refractivity contribution >= 4 is 31.6 Å². The zero-order valence-corrected chi connectivity index (χ0v) is 13.1. The van der Waals surface area contributed by atoms with Gasteiger partial charge in [0.05, 0.1) is 10.2 Å². The molecule has 3 heterocycles. The second-order valence-electron chi connectivity index (χ2n) is 5.43. The van der Waals surface area contributed by atoms with E-state index in [0.29, 0.717) is 23.9 Å². The van der Waals surface area contributed by atoms with E-state index >= 15 is 0 Å². The van der Waals surface area contributed by atoms with Crippen LogP contribution in [0.5, 0.6) is 0 Å². The van der Waals surface area contributed by atoms with Gasteiger partial charge in [-0.1, -0.05) is 0 Å². The molecule has 0 aliphatic carbocycles. The first kappa shape index (κ1) is 13.9. The largest absolute Gasteiger partial charge is 0.309 e. The van der Waals surface area contributed by atoms with Crippen LogP contribution in [0.1, 0.15) is 0 Å². The lowest BCUT2D eigenvalue weighted by molar-refractivity contribution is 0.160. The maximum absolute atomic E-state index is 12.5. The van der Waals surface area contributed by atoms with Crippen molar-refractivity contribution in [3.05, 3.63) is 23.7 Å². The van der Waals surface area contributed by atoms with Gasteiger partial charge >= 0.3 is 0 Å². The third-order valence-corrected chi connectivity index (χ3v) is 6.11. The van der Waals surface area contributed by atoms with Crippen molar-refractivity contribution in [2.24, 2.45) is 5.92 Å². The Morgan fingerprint density at radius 1 is 1.45 bits per heavy atom. The van der Waals surface area contributed by atoms with Gasteiger partial charge in [0.25, 0.3) is 0 Å². The molecule has 1 saturated heterocycles. The Balaban J connectivity index is 1.79. The van der Waals surface area contributed by atoms with Crippen LogP contribution in [0.25, 0.3) is 10.2 Å². The molecule has 0 spiro atoms. The Morgan fingerprint density at radius 3 is 2.90 bits per heavy atom. The fraction of sp³-hybridized carbons (Fsp3) is 0.462. The number of fused-ring (bicyclic) bond motifs is 1. The summed E-state index contributed by atoms with van der Waals surface area (Å²) in [6.45, 7) is 2.13. The summed E-state index contributed by atoms with van der Waals surface area (Å²) >= 11 is 1.51. The highest BCUT2D eigenvalue weighted by Crippen LogP contribution is 2.28. The summed E-state index contributed by atoms with van der Waals surface area (Å²) in [6.07, 6.45) is 1.46. The maximum Gasteiger partial charge on any atom is 0.244 e. The lowest BCUT2D eigenvalue weighted by atomic mass is 10.0. The van der Waals surface area contributed by atoms with Crippen molar-refractivity contribution in [2.45, 2.75) is 4.90 Å². The van der Waals surface area contributed by atoms with Crippen molar-refractivity contribution < 1.29 is 8.42 Å². The topological polar surface area (TPSA) is 53.5 Å². The average Bonchev–Trinajstić information content (AvgIpc) is 2.79. The Hall–Kier alpha value is -1.02. The van der Waals surface area contributed by atoms with E-state index in [0.717, 1.165) is 16.8 Å². The molecule has 0 unspecified atom stereocenters. The number of hydrogen-bond donors (Lipinski definition) is 0. The molecule has 0 saturated carbocycles. The molecule has 1 fully saturated rings. The second-order valence-corrected chi connectivity index (χ2v) is 8.31. The molecule has 5 nitrogen and oxygen atoms in total. The summed E-state index contributed by atoms with van der Waals surface area (Å²) < 4.78 is 27.4. The summed E-state index contributed by atoms with van der Waals surface area (Å²) in [6, 6.07) is 3.62. The first-order valence-corrected chi connectivity index (χ1v) is 8.77. The van der Waals surface area contributed by atoms with Crippen molar-refractivity contribution in [3.63, 3.8) is 0 Å². The van der Waals surface area contributed by atoms with Gasteiger partial charge < -0.3 is 4.90 Å². The van der Waals surface area contributed by atoms with E-state index in [9.17, 15) is 8.42 Å². The molecule has 20 heavy (non-hydrogen) atoms. The van der Waals surface area contributed by atoms with Crippen LogP contribution < -0.4 is 0 Å². The highest BCUT2D eigenvalue weighted by Gasteiger charge is 2.36. The lowest BCUT2D eigenvalue weighted by Crippen LogP contribution is -2.52. The molecule has 0 atom stereocenters. The molecule has 0 bridgehead atoms. The van der Waals surface area contributed by atoms with E-state index in [1.807, 2.05) is 25.5 Å². The zero-order chi connectivity index (χ0) is 14.3. The Kier molecular flexibility index (Phi) is 3.53. The third kappa shape index (κ3) is 2.46. The molecule has 3 rings (SSSR count). The number of aromatic nitrogens is 1. The lowest BCUT2D eigenvalue weighted by Gasteiger charge is -2.39. The number of rotatable bonds is 4. The van der Waals surface area contributed by atoms with Crippen LogP contribution in [0.2, 0.25) is 0 Å². The fourth-order valence-electron chi connectivity index (χ4n) is 2.47. The number of sulfonamides is 1. The summed E-state index contributed by atoms with van der Waals surface area (Å²) in [7, 11) is 0.630. The monoisotopic (exact) mass is 311 g/mol. The van der Waals surface area contributed by atoms with Crippen LogP contribution in [0.4, 0.5) is 0 Å². The van der Waals surface area contributed by atoms with Gasteiger partial charge in [-0.05, 0) is 37.5 Å². The molecule has 0 radical (unpaired) electrons. The molecule has 0 amide bonds. The highest BCUT2D eigenvalue weighted by molar-refractivity contribution is 7.89. The quantitative estimate of drug-likeness (QED) is 0.858. The molecular weight excluding hydrogens is 294 g/mol. The summed E-state index contributed by atoms with van der Waals surface area (Å²) in [5.41, 5.74) is 0.850. The van der Waals surface area contributed by atoms with Crippen LogP contribution in [-0.4, -0.2) is 56.3 Å². The number of nitrogens with zero attached hydrogens (tertiary/aromatic N) is 3. The molecule has 1 aliphatic heterocycles. The molecule has 0 N–H and O–H groups in total. The Labute approximate surface area is 122 Å². The first-order chi connectivity index (χ1) is 9.46. The third-order valence-electron chi connectivity index (χ3n) is 3.46. The van der Waals surface area contributed by atoms with Crippen LogP contribution in [0.3, 0.4) is 0 Å². The van der Waals surface area contributed by atoms with E-state index < -0.39 is 10.0 Å². The van der Waals surface area contributed by atoms with Gasteiger partial charge in [0.15, 0.2) is 0 Å². The highest BCUT2D eigenvalue weighted by atomic mass is 32.2. The average molecular weight is 311 g/mol. The number of thiophene rings is 1. The molecule has 7 heteroatoms. The van der Waals surface area contributed by atoms with Gasteiger partial charge in [-0.15, -0.1) is 11.3 Å². The standard InChI is InChI=1S/C13H17N3O2S2/c1-15(2)7-10-8-16(9-10)20(17,18)11-5-13-12(14-6-11)3-4-19-13/h3-6,10H,7-9H2,1-2H3. The van der Waals surface area contributed by atoms with E-state index in [4.69, 9.17) is 0 Å². The normalized spacial score (nSPS) is 17.8. The molecule has 108 valence electrons. The predicted molar refractivity (Wildman–Crippen MR) is 80.4 cm³/mol. The van der Waals surface area contributed by atoms with Crippen molar-refractivity contribution in [1.29, 1.82) is 0 Å².